The molecule has 1 aromatic heterocycles. The predicted octanol–water partition coefficient (Wildman–Crippen LogP) is 1.60. The van der Waals surface area contributed by atoms with Gasteiger partial charge in [-0.25, -0.2) is 0 Å². The van der Waals surface area contributed by atoms with E-state index in [1.54, 1.807) is 19.1 Å². The first-order chi connectivity index (χ1) is 9.52. The van der Waals surface area contributed by atoms with Gasteiger partial charge in [-0.3, -0.25) is 10.1 Å². The molecule has 0 aliphatic heterocycles. The first-order valence-corrected chi connectivity index (χ1v) is 5.86. The number of benzene rings is 1. The maximum Gasteiger partial charge on any atom is 0.272 e. The number of methoxy groups -OCH3 is 1. The molecule has 0 saturated heterocycles. The first kappa shape index (κ1) is 14.1. The fraction of sp³-hybridized carbons (Fsp3) is 0.333. The van der Waals surface area contributed by atoms with Crippen LogP contribution in [-0.2, 0) is 4.74 Å². The number of nitrogens with zero attached hydrogens (tertiary/aromatic N) is 3. The number of nitro groups is 1. The third-order valence-electron chi connectivity index (χ3n) is 2.76. The minimum atomic E-state index is -0.475. The Morgan fingerprint density at radius 3 is 2.90 bits per heavy atom. The van der Waals surface area contributed by atoms with E-state index in [1.165, 1.54) is 13.2 Å². The van der Waals surface area contributed by atoms with Crippen molar-refractivity contribution >= 4 is 5.69 Å². The van der Waals surface area contributed by atoms with Crippen LogP contribution in [0.5, 0.6) is 0 Å². The molecule has 1 unspecified atom stereocenters. The third-order valence-corrected chi connectivity index (χ3v) is 2.76. The number of hydrogen-bond donors (Lipinski definition) is 1. The van der Waals surface area contributed by atoms with Crippen LogP contribution in [0.1, 0.15) is 17.4 Å². The monoisotopic (exact) mass is 278 g/mol. The topological polar surface area (TPSA) is 117 Å². The van der Waals surface area contributed by atoms with Crippen molar-refractivity contribution in [1.82, 2.24) is 10.1 Å². The summed E-state index contributed by atoms with van der Waals surface area (Å²) in [5.41, 5.74) is 6.97. The fourth-order valence-corrected chi connectivity index (χ4v) is 1.75. The summed E-state index contributed by atoms with van der Waals surface area (Å²) in [6.07, 6.45) is 0. The molecule has 1 atom stereocenters. The van der Waals surface area contributed by atoms with Crippen LogP contribution < -0.4 is 5.73 Å². The second-order valence-electron chi connectivity index (χ2n) is 4.28. The summed E-state index contributed by atoms with van der Waals surface area (Å²) in [4.78, 5) is 14.5. The van der Waals surface area contributed by atoms with Crippen LogP contribution in [0.15, 0.2) is 22.7 Å². The molecule has 106 valence electrons. The van der Waals surface area contributed by atoms with E-state index in [1.807, 2.05) is 0 Å². The standard InChI is InChI=1S/C12H14N4O4/c1-7-5-8(3-4-10(7)16(17)18)12-14-11(15-20-12)9(13)6-19-2/h3-5,9H,6,13H2,1-2H3. The van der Waals surface area contributed by atoms with Crippen molar-refractivity contribution in [2.45, 2.75) is 13.0 Å². The highest BCUT2D eigenvalue weighted by molar-refractivity contribution is 5.58. The molecule has 0 aliphatic rings. The van der Waals surface area contributed by atoms with Gasteiger partial charge in [0.2, 0.25) is 0 Å². The number of aryl methyl sites for hydroxylation is 1. The van der Waals surface area contributed by atoms with Gasteiger partial charge in [0.1, 0.15) is 0 Å². The van der Waals surface area contributed by atoms with Crippen LogP contribution in [0.2, 0.25) is 0 Å². The average Bonchev–Trinajstić information content (AvgIpc) is 2.88. The van der Waals surface area contributed by atoms with E-state index in [0.717, 1.165) is 0 Å². The number of ether oxygens (including phenoxy) is 1. The Morgan fingerprint density at radius 1 is 1.55 bits per heavy atom. The van der Waals surface area contributed by atoms with Crippen molar-refractivity contribution in [1.29, 1.82) is 0 Å². The lowest BCUT2D eigenvalue weighted by Crippen LogP contribution is -2.17. The second-order valence-corrected chi connectivity index (χ2v) is 4.28. The normalized spacial score (nSPS) is 12.3. The average molecular weight is 278 g/mol. The summed E-state index contributed by atoms with van der Waals surface area (Å²) < 4.78 is 10.0. The lowest BCUT2D eigenvalue weighted by Gasteiger charge is -2.03. The Morgan fingerprint density at radius 2 is 2.30 bits per heavy atom. The Kier molecular flexibility index (Phi) is 4.06. The van der Waals surface area contributed by atoms with E-state index in [2.05, 4.69) is 10.1 Å². The van der Waals surface area contributed by atoms with Crippen molar-refractivity contribution in [3.05, 3.63) is 39.7 Å². The summed E-state index contributed by atoms with van der Waals surface area (Å²) in [7, 11) is 1.53. The molecule has 8 nitrogen and oxygen atoms in total. The zero-order chi connectivity index (χ0) is 14.7. The highest BCUT2D eigenvalue weighted by atomic mass is 16.6. The molecule has 8 heteroatoms. The minimum Gasteiger partial charge on any atom is -0.383 e. The lowest BCUT2D eigenvalue weighted by molar-refractivity contribution is -0.385. The Bertz CT molecular complexity index is 626. The lowest BCUT2D eigenvalue weighted by atomic mass is 10.1. The van der Waals surface area contributed by atoms with Crippen molar-refractivity contribution in [2.75, 3.05) is 13.7 Å². The quantitative estimate of drug-likeness (QED) is 0.651. The van der Waals surface area contributed by atoms with Gasteiger partial charge >= 0.3 is 0 Å². The Hall–Kier alpha value is -2.32. The van der Waals surface area contributed by atoms with Crippen molar-refractivity contribution in [3.63, 3.8) is 0 Å². The zero-order valence-electron chi connectivity index (χ0n) is 11.1. The van der Waals surface area contributed by atoms with Crippen molar-refractivity contribution in [2.24, 2.45) is 5.73 Å². The highest BCUT2D eigenvalue weighted by Crippen LogP contribution is 2.25. The van der Waals surface area contributed by atoms with Gasteiger partial charge in [-0.05, 0) is 19.1 Å². The molecule has 1 aromatic carbocycles. The highest BCUT2D eigenvalue weighted by Gasteiger charge is 2.17. The molecule has 2 rings (SSSR count). The number of nitrogens with two attached hydrogens (primary N) is 1. The summed E-state index contributed by atoms with van der Waals surface area (Å²) in [6, 6.07) is 4.11. The molecule has 2 N–H and O–H groups in total. The molecule has 0 radical (unpaired) electrons. The summed E-state index contributed by atoms with van der Waals surface area (Å²) in [5.74, 6) is 0.599. The first-order valence-electron chi connectivity index (χ1n) is 5.86. The number of aromatic nitrogens is 2. The van der Waals surface area contributed by atoms with E-state index in [9.17, 15) is 10.1 Å². The molecule has 20 heavy (non-hydrogen) atoms. The van der Waals surface area contributed by atoms with Crippen molar-refractivity contribution in [3.8, 4) is 11.5 Å². The largest absolute Gasteiger partial charge is 0.383 e. The maximum absolute atomic E-state index is 10.8. The van der Waals surface area contributed by atoms with Gasteiger partial charge < -0.3 is 15.0 Å². The third kappa shape index (κ3) is 2.81. The molecule has 1 heterocycles. The molecule has 0 bridgehead atoms. The van der Waals surface area contributed by atoms with E-state index in [-0.39, 0.29) is 18.2 Å². The summed E-state index contributed by atoms with van der Waals surface area (Å²) >= 11 is 0. The van der Waals surface area contributed by atoms with Crippen LogP contribution >= 0.6 is 0 Å². The van der Waals surface area contributed by atoms with Crippen LogP contribution in [0.4, 0.5) is 5.69 Å². The zero-order valence-corrected chi connectivity index (χ0v) is 11.1. The smallest absolute Gasteiger partial charge is 0.272 e. The molecule has 0 fully saturated rings. The van der Waals surface area contributed by atoms with Gasteiger partial charge in [0.25, 0.3) is 11.6 Å². The van der Waals surface area contributed by atoms with Crippen LogP contribution in [-0.4, -0.2) is 28.8 Å². The fourth-order valence-electron chi connectivity index (χ4n) is 1.75. The van der Waals surface area contributed by atoms with Gasteiger partial charge in [-0.1, -0.05) is 5.16 Å². The SMILES string of the molecule is COCC(N)c1noc(-c2ccc([N+](=O)[O-])c(C)c2)n1. The number of rotatable bonds is 5. The van der Waals surface area contributed by atoms with Gasteiger partial charge in [-0.2, -0.15) is 4.98 Å². The predicted molar refractivity (Wildman–Crippen MR) is 69.9 cm³/mol. The van der Waals surface area contributed by atoms with E-state index in [0.29, 0.717) is 17.0 Å². The molecule has 0 amide bonds. The molecule has 0 spiro atoms. The number of nitro benzene ring substituents is 1. The van der Waals surface area contributed by atoms with Gasteiger partial charge in [0.05, 0.1) is 17.6 Å². The van der Waals surface area contributed by atoms with E-state index < -0.39 is 11.0 Å². The van der Waals surface area contributed by atoms with Gasteiger partial charge in [-0.15, -0.1) is 0 Å². The molecular formula is C12H14N4O4. The Labute approximate surface area is 114 Å². The van der Waals surface area contributed by atoms with Crippen molar-refractivity contribution < 1.29 is 14.2 Å². The molecule has 0 aliphatic carbocycles. The second kappa shape index (κ2) is 5.76. The van der Waals surface area contributed by atoms with Crippen LogP contribution in [0.3, 0.4) is 0 Å². The van der Waals surface area contributed by atoms with Crippen LogP contribution in [0, 0.1) is 17.0 Å². The molecule has 2 aromatic rings. The van der Waals surface area contributed by atoms with E-state index >= 15 is 0 Å². The molecular weight excluding hydrogens is 264 g/mol. The molecule has 0 saturated carbocycles. The van der Waals surface area contributed by atoms with Gasteiger partial charge in [0, 0.05) is 24.3 Å². The van der Waals surface area contributed by atoms with Gasteiger partial charge in [0.15, 0.2) is 5.82 Å². The van der Waals surface area contributed by atoms with Crippen LogP contribution in [0.25, 0.3) is 11.5 Å². The maximum atomic E-state index is 10.8. The summed E-state index contributed by atoms with van der Waals surface area (Å²) in [6.45, 7) is 1.92. The Balaban J connectivity index is 2.28. The minimum absolute atomic E-state index is 0.0459. The summed E-state index contributed by atoms with van der Waals surface area (Å²) in [5, 5.41) is 14.5. The number of hydrogen-bond acceptors (Lipinski definition) is 7. The van der Waals surface area contributed by atoms with E-state index in [4.69, 9.17) is 15.0 Å².